The van der Waals surface area contributed by atoms with Crippen LogP contribution in [0.15, 0.2) is 42.1 Å². The van der Waals surface area contributed by atoms with Crippen molar-refractivity contribution in [3.63, 3.8) is 0 Å². The van der Waals surface area contributed by atoms with Crippen LogP contribution in [-0.4, -0.2) is 4.98 Å². The van der Waals surface area contributed by atoms with Gasteiger partial charge in [0.25, 0.3) is 0 Å². The largest absolute Gasteiger partial charge is 0.365 e. The van der Waals surface area contributed by atoms with Gasteiger partial charge < -0.3 is 4.98 Å². The van der Waals surface area contributed by atoms with Crippen molar-refractivity contribution in [3.05, 3.63) is 47.8 Å². The fourth-order valence-electron chi connectivity index (χ4n) is 1.92. The summed E-state index contributed by atoms with van der Waals surface area (Å²) in [6.07, 6.45) is 16.7. The minimum atomic E-state index is 0.420. The van der Waals surface area contributed by atoms with Gasteiger partial charge in [0.05, 0.1) is 0 Å². The highest BCUT2D eigenvalue weighted by atomic mass is 14.7. The Morgan fingerprint density at radius 3 is 3.00 bits per heavy atom. The summed E-state index contributed by atoms with van der Waals surface area (Å²) >= 11 is 0. The first-order valence-electron chi connectivity index (χ1n) is 6.16. The van der Waals surface area contributed by atoms with E-state index in [1.165, 1.54) is 11.3 Å². The maximum Gasteiger partial charge on any atom is 0.0269 e. The van der Waals surface area contributed by atoms with E-state index in [1.807, 2.05) is 12.3 Å². The van der Waals surface area contributed by atoms with E-state index in [9.17, 15) is 0 Å². The highest BCUT2D eigenvalue weighted by Crippen LogP contribution is 2.26. The van der Waals surface area contributed by atoms with Gasteiger partial charge in [-0.1, -0.05) is 30.7 Å². The third kappa shape index (κ3) is 4.36. The molecule has 1 aromatic rings. The SMILES string of the molecule is C#CCC=C(CCC=CC)C(C)c1ccc[nH]1. The molecule has 0 fully saturated rings. The molecule has 0 aliphatic heterocycles. The third-order valence-corrected chi connectivity index (χ3v) is 2.96. The van der Waals surface area contributed by atoms with Gasteiger partial charge in [-0.05, 0) is 31.9 Å². The first kappa shape index (κ1) is 13.4. The van der Waals surface area contributed by atoms with Crippen LogP contribution in [0.1, 0.15) is 44.7 Å². The minimum Gasteiger partial charge on any atom is -0.365 e. The monoisotopic (exact) mass is 227 g/mol. The quantitative estimate of drug-likeness (QED) is 0.547. The summed E-state index contributed by atoms with van der Waals surface area (Å²) in [6, 6.07) is 4.17. The molecule has 1 unspecified atom stereocenters. The van der Waals surface area contributed by atoms with Crippen LogP contribution in [0.25, 0.3) is 0 Å². The molecule has 0 saturated carbocycles. The van der Waals surface area contributed by atoms with Gasteiger partial charge in [0, 0.05) is 24.2 Å². The van der Waals surface area contributed by atoms with Crippen molar-refractivity contribution in [2.75, 3.05) is 0 Å². The van der Waals surface area contributed by atoms with E-state index < -0.39 is 0 Å². The molecule has 1 heterocycles. The van der Waals surface area contributed by atoms with E-state index in [0.717, 1.165) is 19.3 Å². The van der Waals surface area contributed by atoms with Crippen LogP contribution in [0.4, 0.5) is 0 Å². The van der Waals surface area contributed by atoms with Crippen molar-refractivity contribution in [3.8, 4) is 12.3 Å². The van der Waals surface area contributed by atoms with E-state index in [-0.39, 0.29) is 0 Å². The van der Waals surface area contributed by atoms with Crippen molar-refractivity contribution < 1.29 is 0 Å². The first-order valence-corrected chi connectivity index (χ1v) is 6.16. The maximum atomic E-state index is 5.33. The molecule has 1 rings (SSSR count). The lowest BCUT2D eigenvalue weighted by Crippen LogP contribution is -1.99. The summed E-state index contributed by atoms with van der Waals surface area (Å²) in [6.45, 7) is 4.28. The number of nitrogens with one attached hydrogen (secondary N) is 1. The topological polar surface area (TPSA) is 15.8 Å². The van der Waals surface area contributed by atoms with Crippen molar-refractivity contribution in [2.45, 2.75) is 39.0 Å². The molecule has 1 N–H and O–H groups in total. The summed E-state index contributed by atoms with van der Waals surface area (Å²) in [4.78, 5) is 3.27. The molecule has 0 saturated heterocycles. The van der Waals surface area contributed by atoms with Gasteiger partial charge in [0.2, 0.25) is 0 Å². The molecule has 1 atom stereocenters. The fraction of sp³-hybridized carbons (Fsp3) is 0.375. The molecule has 1 nitrogen and oxygen atoms in total. The first-order chi connectivity index (χ1) is 8.29. The van der Waals surface area contributed by atoms with Crippen molar-refractivity contribution in [1.29, 1.82) is 0 Å². The molecule has 0 aliphatic rings. The third-order valence-electron chi connectivity index (χ3n) is 2.96. The second-order valence-electron chi connectivity index (χ2n) is 4.14. The van der Waals surface area contributed by atoms with E-state index in [0.29, 0.717) is 5.92 Å². The predicted octanol–water partition coefficient (Wildman–Crippen LogP) is 4.42. The fourth-order valence-corrected chi connectivity index (χ4v) is 1.92. The standard InChI is InChI=1S/C16H21N/c1-4-6-8-11-15(10-7-5-2)14(3)16-12-9-13-17-16/h2,4,6,9-10,12-14,17H,7-8,11H2,1,3H3. The predicted molar refractivity (Wildman–Crippen MR) is 74.8 cm³/mol. The van der Waals surface area contributed by atoms with Gasteiger partial charge >= 0.3 is 0 Å². The Kier molecular flexibility index (Phi) is 5.96. The van der Waals surface area contributed by atoms with Gasteiger partial charge in [0.15, 0.2) is 0 Å². The zero-order valence-corrected chi connectivity index (χ0v) is 10.7. The van der Waals surface area contributed by atoms with Crippen LogP contribution in [-0.2, 0) is 0 Å². The number of H-pyrrole nitrogens is 1. The number of hydrogen-bond acceptors (Lipinski definition) is 0. The van der Waals surface area contributed by atoms with Crippen molar-refractivity contribution in [2.24, 2.45) is 0 Å². The average Bonchev–Trinajstić information content (AvgIpc) is 2.86. The lowest BCUT2D eigenvalue weighted by molar-refractivity contribution is 0.782. The second-order valence-corrected chi connectivity index (χ2v) is 4.14. The molecule has 1 aromatic heterocycles. The summed E-state index contributed by atoms with van der Waals surface area (Å²) in [7, 11) is 0. The van der Waals surface area contributed by atoms with Crippen molar-refractivity contribution >= 4 is 0 Å². The average molecular weight is 227 g/mol. The molecule has 1 heteroatoms. The Labute approximate surface area is 105 Å². The molecular formula is C16H21N. The number of aromatic nitrogens is 1. The summed E-state index contributed by atoms with van der Waals surface area (Å²) in [5.74, 6) is 3.10. The number of aromatic amines is 1. The summed E-state index contributed by atoms with van der Waals surface area (Å²) in [5, 5.41) is 0. The Balaban J connectivity index is 2.72. The number of rotatable bonds is 6. The zero-order chi connectivity index (χ0) is 12.5. The van der Waals surface area contributed by atoms with Gasteiger partial charge in [-0.3, -0.25) is 0 Å². The Hall–Kier alpha value is -1.68. The maximum absolute atomic E-state index is 5.33. The Morgan fingerprint density at radius 2 is 2.41 bits per heavy atom. The van der Waals surface area contributed by atoms with Crippen LogP contribution in [0.3, 0.4) is 0 Å². The number of hydrogen-bond donors (Lipinski definition) is 1. The molecule has 0 aromatic carbocycles. The molecule has 0 bridgehead atoms. The van der Waals surface area contributed by atoms with Gasteiger partial charge in [0.1, 0.15) is 0 Å². The Bertz CT molecular complexity index is 401. The van der Waals surface area contributed by atoms with E-state index >= 15 is 0 Å². The van der Waals surface area contributed by atoms with Gasteiger partial charge in [-0.2, -0.15) is 0 Å². The summed E-state index contributed by atoms with van der Waals surface area (Å²) in [5.41, 5.74) is 2.68. The van der Waals surface area contributed by atoms with E-state index in [4.69, 9.17) is 6.42 Å². The lowest BCUT2D eigenvalue weighted by Gasteiger charge is -2.14. The smallest absolute Gasteiger partial charge is 0.0269 e. The number of terminal acetylenes is 1. The molecule has 90 valence electrons. The summed E-state index contributed by atoms with van der Waals surface area (Å²) < 4.78 is 0. The van der Waals surface area contributed by atoms with E-state index in [1.54, 1.807) is 0 Å². The molecule has 0 aliphatic carbocycles. The van der Waals surface area contributed by atoms with Crippen molar-refractivity contribution in [1.82, 2.24) is 4.98 Å². The van der Waals surface area contributed by atoms with Crippen LogP contribution in [0.5, 0.6) is 0 Å². The minimum absolute atomic E-state index is 0.420. The highest BCUT2D eigenvalue weighted by molar-refractivity contribution is 5.24. The lowest BCUT2D eigenvalue weighted by atomic mass is 9.93. The molecule has 17 heavy (non-hydrogen) atoms. The second kappa shape index (κ2) is 7.57. The van der Waals surface area contributed by atoms with Gasteiger partial charge in [-0.15, -0.1) is 12.3 Å². The highest BCUT2D eigenvalue weighted by Gasteiger charge is 2.10. The Morgan fingerprint density at radius 1 is 1.59 bits per heavy atom. The van der Waals surface area contributed by atoms with Gasteiger partial charge in [-0.25, -0.2) is 0 Å². The van der Waals surface area contributed by atoms with Crippen LogP contribution in [0.2, 0.25) is 0 Å². The van der Waals surface area contributed by atoms with Crippen LogP contribution >= 0.6 is 0 Å². The molecule has 0 spiro atoms. The van der Waals surface area contributed by atoms with Crippen LogP contribution < -0.4 is 0 Å². The molecular weight excluding hydrogens is 206 g/mol. The van der Waals surface area contributed by atoms with Crippen LogP contribution in [0, 0.1) is 12.3 Å². The normalized spacial score (nSPS) is 13.8. The molecule has 0 amide bonds. The zero-order valence-electron chi connectivity index (χ0n) is 10.7. The van der Waals surface area contributed by atoms with E-state index in [2.05, 4.69) is 49.0 Å². The molecule has 0 radical (unpaired) electrons. The number of allylic oxidation sites excluding steroid dienone is 4.